The summed E-state index contributed by atoms with van der Waals surface area (Å²) in [5.74, 6) is 0.342. The Morgan fingerprint density at radius 3 is 2.70 bits per heavy atom. The molecule has 2 atom stereocenters. The zero-order valence-corrected chi connectivity index (χ0v) is 12.5. The molecule has 0 aliphatic heterocycles. The Kier molecular flexibility index (Phi) is 5.90. The lowest BCUT2D eigenvalue weighted by atomic mass is 10.3. The van der Waals surface area contributed by atoms with E-state index in [9.17, 15) is 19.1 Å². The molecule has 1 rings (SSSR count). The van der Waals surface area contributed by atoms with E-state index in [4.69, 9.17) is 11.6 Å². The highest BCUT2D eigenvalue weighted by molar-refractivity contribution is 7.84. The van der Waals surface area contributed by atoms with Gasteiger partial charge in [0, 0.05) is 40.6 Å². The number of nitrogens with zero attached hydrogens (tertiary/aromatic N) is 1. The number of anilines is 1. The Labute approximate surface area is 123 Å². The quantitative estimate of drug-likeness (QED) is 0.641. The first-order valence-electron chi connectivity index (χ1n) is 5.61. The number of nitrogens with one attached hydrogen (secondary N) is 2. The van der Waals surface area contributed by atoms with Crippen molar-refractivity contribution in [1.29, 1.82) is 0 Å². The van der Waals surface area contributed by atoms with Crippen LogP contribution in [-0.2, 0) is 10.8 Å². The van der Waals surface area contributed by atoms with E-state index in [2.05, 4.69) is 10.6 Å². The first kappa shape index (κ1) is 16.4. The molecule has 110 valence electrons. The SMILES string of the molecule is C[C@@H](C[S@@](C)=O)NC(=O)Nc1ccc([N+](=O)[O-])c(Cl)c1. The topological polar surface area (TPSA) is 101 Å². The summed E-state index contributed by atoms with van der Waals surface area (Å²) < 4.78 is 11.0. The minimum absolute atomic E-state index is 0.0597. The number of nitro benzene ring substituents is 1. The smallest absolute Gasteiger partial charge is 0.319 e. The molecule has 0 aliphatic carbocycles. The second kappa shape index (κ2) is 7.20. The van der Waals surface area contributed by atoms with Crippen molar-refractivity contribution >= 4 is 39.8 Å². The molecule has 9 heteroatoms. The normalized spacial score (nSPS) is 13.3. The fourth-order valence-corrected chi connectivity index (χ4v) is 2.55. The van der Waals surface area contributed by atoms with Gasteiger partial charge in [0.15, 0.2) is 0 Å². The Morgan fingerprint density at radius 1 is 1.55 bits per heavy atom. The lowest BCUT2D eigenvalue weighted by Crippen LogP contribution is -2.39. The molecule has 2 N–H and O–H groups in total. The van der Waals surface area contributed by atoms with Crippen molar-refractivity contribution in [2.45, 2.75) is 13.0 Å². The highest BCUT2D eigenvalue weighted by Gasteiger charge is 2.14. The summed E-state index contributed by atoms with van der Waals surface area (Å²) in [4.78, 5) is 21.6. The summed E-state index contributed by atoms with van der Waals surface area (Å²) in [5, 5.41) is 15.6. The van der Waals surface area contributed by atoms with Crippen molar-refractivity contribution in [3.63, 3.8) is 0 Å². The van der Waals surface area contributed by atoms with Crippen molar-refractivity contribution in [3.05, 3.63) is 33.3 Å². The molecule has 0 unspecified atom stereocenters. The van der Waals surface area contributed by atoms with E-state index in [0.29, 0.717) is 11.4 Å². The Morgan fingerprint density at radius 2 is 2.20 bits per heavy atom. The maximum atomic E-state index is 11.6. The summed E-state index contributed by atoms with van der Waals surface area (Å²) in [5.41, 5.74) is 0.107. The molecule has 0 radical (unpaired) electrons. The van der Waals surface area contributed by atoms with Gasteiger partial charge >= 0.3 is 6.03 Å². The van der Waals surface area contributed by atoms with Crippen LogP contribution in [0.5, 0.6) is 0 Å². The van der Waals surface area contributed by atoms with Gasteiger partial charge in [0.25, 0.3) is 5.69 Å². The average Bonchev–Trinajstić information content (AvgIpc) is 2.26. The standard InChI is InChI=1S/C11H14ClN3O4S/c1-7(6-20(2)19)13-11(16)14-8-3-4-10(15(17)18)9(12)5-8/h3-5,7H,6H2,1-2H3,(H2,13,14,16)/t7-,20+/m0/s1. The maximum Gasteiger partial charge on any atom is 0.319 e. The van der Waals surface area contributed by atoms with E-state index < -0.39 is 21.8 Å². The van der Waals surface area contributed by atoms with Gasteiger partial charge in [-0.15, -0.1) is 0 Å². The van der Waals surface area contributed by atoms with Crippen LogP contribution in [0.25, 0.3) is 0 Å². The number of rotatable bonds is 5. The van der Waals surface area contributed by atoms with Gasteiger partial charge in [0.2, 0.25) is 0 Å². The van der Waals surface area contributed by atoms with Crippen LogP contribution in [0.3, 0.4) is 0 Å². The van der Waals surface area contributed by atoms with E-state index in [1.165, 1.54) is 18.2 Å². The van der Waals surface area contributed by atoms with Gasteiger partial charge in [-0.2, -0.15) is 0 Å². The number of carbonyl (C=O) groups is 1. The van der Waals surface area contributed by atoms with Crippen LogP contribution in [-0.4, -0.2) is 33.2 Å². The number of hydrogen-bond donors (Lipinski definition) is 2. The molecule has 20 heavy (non-hydrogen) atoms. The van der Waals surface area contributed by atoms with E-state index >= 15 is 0 Å². The number of benzene rings is 1. The fraction of sp³-hybridized carbons (Fsp3) is 0.364. The zero-order chi connectivity index (χ0) is 15.3. The number of urea groups is 1. The molecule has 0 heterocycles. The molecule has 0 bridgehead atoms. The van der Waals surface area contributed by atoms with Crippen molar-refractivity contribution in [1.82, 2.24) is 5.32 Å². The fourth-order valence-electron chi connectivity index (χ4n) is 1.52. The molecular formula is C11H14ClN3O4S. The first-order valence-corrected chi connectivity index (χ1v) is 7.71. The molecule has 0 spiro atoms. The molecular weight excluding hydrogens is 306 g/mol. The summed E-state index contributed by atoms with van der Waals surface area (Å²) in [6.45, 7) is 1.73. The molecule has 2 amide bonds. The number of halogens is 1. The summed E-state index contributed by atoms with van der Waals surface area (Å²) in [7, 11) is -1.01. The van der Waals surface area contributed by atoms with Crippen LogP contribution in [0, 0.1) is 10.1 Å². The molecule has 0 saturated heterocycles. The Bertz CT molecular complexity index is 552. The maximum absolute atomic E-state index is 11.6. The van der Waals surface area contributed by atoms with E-state index in [-0.39, 0.29) is 16.8 Å². The van der Waals surface area contributed by atoms with Crippen molar-refractivity contribution in [3.8, 4) is 0 Å². The molecule has 1 aromatic carbocycles. The summed E-state index contributed by atoms with van der Waals surface area (Å²) in [6, 6.07) is 3.14. The van der Waals surface area contributed by atoms with Gasteiger partial charge in [-0.25, -0.2) is 4.79 Å². The monoisotopic (exact) mass is 319 g/mol. The molecule has 0 fully saturated rings. The molecule has 0 saturated carbocycles. The number of nitro groups is 1. The van der Waals surface area contributed by atoms with Crippen LogP contribution < -0.4 is 10.6 Å². The van der Waals surface area contributed by atoms with Crippen molar-refractivity contribution in [2.75, 3.05) is 17.3 Å². The second-order valence-electron chi connectivity index (χ2n) is 4.16. The van der Waals surface area contributed by atoms with Gasteiger partial charge < -0.3 is 10.6 Å². The third-order valence-corrected chi connectivity index (χ3v) is 3.54. The zero-order valence-electron chi connectivity index (χ0n) is 10.9. The van der Waals surface area contributed by atoms with Gasteiger partial charge in [-0.3, -0.25) is 14.3 Å². The first-order chi connectivity index (χ1) is 9.29. The molecule has 1 aromatic rings. The number of amides is 2. The second-order valence-corrected chi connectivity index (χ2v) is 6.05. The highest BCUT2D eigenvalue weighted by atomic mass is 35.5. The predicted molar refractivity (Wildman–Crippen MR) is 78.7 cm³/mol. The molecule has 0 aromatic heterocycles. The molecule has 7 nitrogen and oxygen atoms in total. The van der Waals surface area contributed by atoms with Crippen LogP contribution in [0.1, 0.15) is 6.92 Å². The van der Waals surface area contributed by atoms with Crippen LogP contribution >= 0.6 is 11.6 Å². The van der Waals surface area contributed by atoms with Crippen LogP contribution in [0.15, 0.2) is 18.2 Å². The minimum atomic E-state index is -1.01. The van der Waals surface area contributed by atoms with Crippen molar-refractivity contribution < 1.29 is 13.9 Å². The number of hydrogen-bond acceptors (Lipinski definition) is 4. The molecule has 0 aliphatic rings. The van der Waals surface area contributed by atoms with Gasteiger partial charge in [-0.05, 0) is 19.1 Å². The Hall–Kier alpha value is -1.67. The van der Waals surface area contributed by atoms with E-state index in [0.717, 1.165) is 0 Å². The Balaban J connectivity index is 2.65. The highest BCUT2D eigenvalue weighted by Crippen LogP contribution is 2.27. The third-order valence-electron chi connectivity index (χ3n) is 2.26. The summed E-state index contributed by atoms with van der Waals surface area (Å²) in [6.07, 6.45) is 1.55. The van der Waals surface area contributed by atoms with Crippen molar-refractivity contribution in [2.24, 2.45) is 0 Å². The number of carbonyl (C=O) groups excluding carboxylic acids is 1. The summed E-state index contributed by atoms with van der Waals surface area (Å²) >= 11 is 5.73. The average molecular weight is 320 g/mol. The largest absolute Gasteiger partial charge is 0.334 e. The van der Waals surface area contributed by atoms with Gasteiger partial charge in [-0.1, -0.05) is 11.6 Å². The lowest BCUT2D eigenvalue weighted by Gasteiger charge is -2.13. The van der Waals surface area contributed by atoms with Gasteiger partial charge in [0.05, 0.1) is 4.92 Å². The lowest BCUT2D eigenvalue weighted by molar-refractivity contribution is -0.384. The minimum Gasteiger partial charge on any atom is -0.334 e. The van der Waals surface area contributed by atoms with Crippen LogP contribution in [0.2, 0.25) is 5.02 Å². The van der Waals surface area contributed by atoms with E-state index in [1.54, 1.807) is 13.2 Å². The van der Waals surface area contributed by atoms with E-state index in [1.807, 2.05) is 0 Å². The van der Waals surface area contributed by atoms with Crippen LogP contribution in [0.4, 0.5) is 16.2 Å². The predicted octanol–water partition coefficient (Wildman–Crippen LogP) is 2.14. The third kappa shape index (κ3) is 5.14. The van der Waals surface area contributed by atoms with Gasteiger partial charge in [0.1, 0.15) is 5.02 Å².